The molecule has 1 heterocycles. The van der Waals surface area contributed by atoms with Crippen molar-refractivity contribution in [3.63, 3.8) is 0 Å². The number of fused-ring (bicyclic) bond motifs is 1. The summed E-state index contributed by atoms with van der Waals surface area (Å²) in [5.74, 6) is 0.0835. The van der Waals surface area contributed by atoms with E-state index in [0.717, 1.165) is 10.9 Å². The summed E-state index contributed by atoms with van der Waals surface area (Å²) in [6, 6.07) is 7.52. The van der Waals surface area contributed by atoms with Gasteiger partial charge in [-0.2, -0.15) is 0 Å². The monoisotopic (exact) mass is 229 g/mol. The van der Waals surface area contributed by atoms with Crippen molar-refractivity contribution in [3.8, 4) is 0 Å². The number of nitrogens with zero attached hydrogens (tertiary/aromatic N) is 1. The number of hydrogen-bond donors (Lipinski definition) is 0. The third kappa shape index (κ3) is 1.88. The van der Waals surface area contributed by atoms with Crippen LogP contribution in [0.1, 0.15) is 41.8 Å². The normalized spacial score (nSPS) is 10.7. The molecule has 0 bridgehead atoms. The van der Waals surface area contributed by atoms with Crippen LogP contribution in [0.5, 0.6) is 0 Å². The Morgan fingerprint density at radius 2 is 1.82 bits per heavy atom. The van der Waals surface area contributed by atoms with Crippen LogP contribution < -0.4 is 0 Å². The molecule has 3 heteroatoms. The molecule has 2 aromatic rings. The van der Waals surface area contributed by atoms with Crippen LogP contribution in [-0.2, 0) is 0 Å². The van der Waals surface area contributed by atoms with E-state index in [-0.39, 0.29) is 11.7 Å². The van der Waals surface area contributed by atoms with Crippen molar-refractivity contribution in [1.29, 1.82) is 0 Å². The molecule has 0 saturated carbocycles. The maximum atomic E-state index is 11.8. The van der Waals surface area contributed by atoms with Crippen molar-refractivity contribution in [2.45, 2.75) is 26.7 Å². The number of ketones is 1. The molecule has 3 nitrogen and oxygen atoms in total. The van der Waals surface area contributed by atoms with Crippen LogP contribution in [0, 0.1) is 0 Å². The van der Waals surface area contributed by atoms with Gasteiger partial charge in [0.2, 0.25) is 5.91 Å². The molecule has 0 saturated heterocycles. The maximum Gasteiger partial charge on any atom is 0.230 e. The topological polar surface area (TPSA) is 39.1 Å². The Kier molecular flexibility index (Phi) is 3.09. The molecule has 1 aromatic carbocycles. The molecule has 2 rings (SSSR count). The quantitative estimate of drug-likeness (QED) is 0.757. The molecule has 0 amide bonds. The van der Waals surface area contributed by atoms with Gasteiger partial charge >= 0.3 is 0 Å². The Labute approximate surface area is 100 Å². The molecule has 0 aliphatic carbocycles. The maximum absolute atomic E-state index is 11.8. The van der Waals surface area contributed by atoms with Gasteiger partial charge in [-0.1, -0.05) is 32.0 Å². The highest BCUT2D eigenvalue weighted by molar-refractivity contribution is 6.10. The number of hydrogen-bond acceptors (Lipinski definition) is 2. The fourth-order valence-electron chi connectivity index (χ4n) is 1.97. The second-order valence-corrected chi connectivity index (χ2v) is 3.95. The number of rotatable bonds is 3. The smallest absolute Gasteiger partial charge is 0.230 e. The first kappa shape index (κ1) is 11.6. The molecule has 1 aromatic heterocycles. The van der Waals surface area contributed by atoms with Gasteiger partial charge in [0, 0.05) is 30.0 Å². The number of Topliss-reactive ketones (excluding diaryl/α,β-unsaturated/α-hetero) is 1. The molecule has 0 fully saturated rings. The molecule has 0 atom stereocenters. The molecule has 17 heavy (non-hydrogen) atoms. The van der Waals surface area contributed by atoms with Gasteiger partial charge < -0.3 is 0 Å². The average molecular weight is 229 g/mol. The van der Waals surface area contributed by atoms with Gasteiger partial charge in [0.1, 0.15) is 0 Å². The second kappa shape index (κ2) is 4.53. The van der Waals surface area contributed by atoms with Gasteiger partial charge in [-0.25, -0.2) is 0 Å². The van der Waals surface area contributed by atoms with Crippen molar-refractivity contribution >= 4 is 22.6 Å². The molecule has 88 valence electrons. The molecule has 0 aliphatic heterocycles. The van der Waals surface area contributed by atoms with E-state index in [0.29, 0.717) is 18.4 Å². The molecular formula is C14H15NO2. The van der Waals surface area contributed by atoms with Gasteiger partial charge in [-0.15, -0.1) is 0 Å². The molecule has 0 aliphatic rings. The zero-order valence-corrected chi connectivity index (χ0v) is 10.1. The summed E-state index contributed by atoms with van der Waals surface area (Å²) in [5, 5.41) is 0.862. The summed E-state index contributed by atoms with van der Waals surface area (Å²) in [7, 11) is 0. The van der Waals surface area contributed by atoms with Crippen molar-refractivity contribution in [3.05, 3.63) is 36.0 Å². The summed E-state index contributed by atoms with van der Waals surface area (Å²) in [6.07, 6.45) is 2.55. The molecular weight excluding hydrogens is 214 g/mol. The Hall–Kier alpha value is -1.90. The van der Waals surface area contributed by atoms with Crippen molar-refractivity contribution in [2.24, 2.45) is 0 Å². The first-order chi connectivity index (χ1) is 8.19. The van der Waals surface area contributed by atoms with E-state index in [2.05, 4.69) is 0 Å². The summed E-state index contributed by atoms with van der Waals surface area (Å²) in [5.41, 5.74) is 1.46. The summed E-state index contributed by atoms with van der Waals surface area (Å²) in [4.78, 5) is 23.6. The van der Waals surface area contributed by atoms with E-state index in [9.17, 15) is 9.59 Å². The predicted molar refractivity (Wildman–Crippen MR) is 67.5 cm³/mol. The first-order valence-corrected chi connectivity index (χ1v) is 5.85. The summed E-state index contributed by atoms with van der Waals surface area (Å²) >= 11 is 0. The lowest BCUT2D eigenvalue weighted by Crippen LogP contribution is -2.07. The van der Waals surface area contributed by atoms with E-state index in [1.54, 1.807) is 10.8 Å². The molecule has 0 N–H and O–H groups in total. The second-order valence-electron chi connectivity index (χ2n) is 3.95. The van der Waals surface area contributed by atoms with E-state index in [4.69, 9.17) is 0 Å². The zero-order valence-electron chi connectivity index (χ0n) is 10.1. The van der Waals surface area contributed by atoms with Crippen LogP contribution in [0.4, 0.5) is 0 Å². The number of carbonyl (C=O) groups is 2. The minimum atomic E-state index is 0.0105. The number of aromatic nitrogens is 1. The minimum Gasteiger partial charge on any atom is -0.294 e. The van der Waals surface area contributed by atoms with Gasteiger partial charge in [0.25, 0.3) is 0 Å². The molecule has 0 spiro atoms. The lowest BCUT2D eigenvalue weighted by molar-refractivity contribution is 0.0914. The zero-order chi connectivity index (χ0) is 12.4. The third-order valence-electron chi connectivity index (χ3n) is 2.90. The van der Waals surface area contributed by atoms with Gasteiger partial charge in [0.05, 0.1) is 5.52 Å². The number of benzene rings is 1. The lowest BCUT2D eigenvalue weighted by atomic mass is 10.1. The van der Waals surface area contributed by atoms with E-state index in [1.807, 2.05) is 38.1 Å². The van der Waals surface area contributed by atoms with Crippen LogP contribution in [0.15, 0.2) is 30.5 Å². The fraction of sp³-hybridized carbons (Fsp3) is 0.286. The summed E-state index contributed by atoms with van der Waals surface area (Å²) in [6.45, 7) is 3.65. The summed E-state index contributed by atoms with van der Waals surface area (Å²) < 4.78 is 1.58. The standard InChI is InChI=1S/C14H15NO2/c1-3-13(16)11-9-15(14(17)4-2)12-8-6-5-7-10(11)12/h5-9H,3-4H2,1-2H3. The fourth-order valence-corrected chi connectivity index (χ4v) is 1.97. The Morgan fingerprint density at radius 3 is 2.47 bits per heavy atom. The van der Waals surface area contributed by atoms with Crippen LogP contribution in [0.3, 0.4) is 0 Å². The SMILES string of the molecule is CCC(=O)c1cn(C(=O)CC)c2ccccc12. The van der Waals surface area contributed by atoms with Gasteiger partial charge in [-0.05, 0) is 6.07 Å². The van der Waals surface area contributed by atoms with Gasteiger partial charge in [0.15, 0.2) is 5.78 Å². The average Bonchev–Trinajstić information content (AvgIpc) is 2.76. The van der Waals surface area contributed by atoms with Gasteiger partial charge in [-0.3, -0.25) is 14.2 Å². The van der Waals surface area contributed by atoms with Crippen LogP contribution in [0.25, 0.3) is 10.9 Å². The van der Waals surface area contributed by atoms with Crippen LogP contribution in [-0.4, -0.2) is 16.3 Å². The largest absolute Gasteiger partial charge is 0.294 e. The molecule has 0 radical (unpaired) electrons. The van der Waals surface area contributed by atoms with Crippen molar-refractivity contribution in [2.75, 3.05) is 0 Å². The first-order valence-electron chi connectivity index (χ1n) is 5.85. The van der Waals surface area contributed by atoms with E-state index >= 15 is 0 Å². The molecule has 0 unspecified atom stereocenters. The van der Waals surface area contributed by atoms with Crippen molar-refractivity contribution < 1.29 is 9.59 Å². The Balaban J connectivity index is 2.71. The highest BCUT2D eigenvalue weighted by Crippen LogP contribution is 2.22. The highest BCUT2D eigenvalue weighted by atomic mass is 16.2. The Bertz CT molecular complexity index is 531. The van der Waals surface area contributed by atoms with E-state index in [1.165, 1.54) is 0 Å². The van der Waals surface area contributed by atoms with Crippen molar-refractivity contribution in [1.82, 2.24) is 4.57 Å². The number of para-hydroxylation sites is 1. The lowest BCUT2D eigenvalue weighted by Gasteiger charge is -1.99. The Morgan fingerprint density at radius 1 is 1.12 bits per heavy atom. The van der Waals surface area contributed by atoms with Crippen LogP contribution in [0.2, 0.25) is 0 Å². The van der Waals surface area contributed by atoms with Crippen LogP contribution >= 0.6 is 0 Å². The van der Waals surface area contributed by atoms with E-state index < -0.39 is 0 Å². The minimum absolute atomic E-state index is 0.0105. The third-order valence-corrected chi connectivity index (χ3v) is 2.90. The predicted octanol–water partition coefficient (Wildman–Crippen LogP) is 3.28. The number of carbonyl (C=O) groups excluding carboxylic acids is 2. The highest BCUT2D eigenvalue weighted by Gasteiger charge is 2.15.